The van der Waals surface area contributed by atoms with E-state index < -0.39 is 11.8 Å². The molecule has 26 heavy (non-hydrogen) atoms. The van der Waals surface area contributed by atoms with Crippen molar-refractivity contribution in [3.05, 3.63) is 35.0 Å². The predicted octanol–water partition coefficient (Wildman–Crippen LogP) is -1.98. The van der Waals surface area contributed by atoms with E-state index in [1.54, 1.807) is 24.3 Å². The van der Waals surface area contributed by atoms with Crippen LogP contribution >= 0.6 is 0 Å². The molecule has 1 saturated heterocycles. The summed E-state index contributed by atoms with van der Waals surface area (Å²) >= 11 is 0. The zero-order valence-corrected chi connectivity index (χ0v) is 14.4. The lowest BCUT2D eigenvalue weighted by molar-refractivity contribution is -0.139. The third kappa shape index (κ3) is 3.06. The number of benzene rings is 1. The second kappa shape index (κ2) is 7.05. The summed E-state index contributed by atoms with van der Waals surface area (Å²) in [6.07, 6.45) is 4.47. The number of hydrogen-bond donors (Lipinski definition) is 3. The smallest absolute Gasteiger partial charge is 0.348 e. The molecule has 0 aromatic heterocycles. The molecular formula is C18H22N5O3+. The summed E-state index contributed by atoms with van der Waals surface area (Å²) in [6.45, 7) is 0.513. The maximum Gasteiger partial charge on any atom is 0.480 e. The minimum absolute atomic E-state index is 0.0688. The standard InChI is InChI=1S/C18H21N5O3/c24-16(15-11-5-1-2-6-12(11)21-22-15)19-9-10-23-14-8-4-3-7-13(14)20-17(25)18(23)26/h3-4,7-8,11-12,15H,1-2,5-6,9-10H2,(H2,19,20,24,25)/p+1. The van der Waals surface area contributed by atoms with Gasteiger partial charge in [0.2, 0.25) is 11.3 Å². The Morgan fingerprint density at radius 2 is 2.00 bits per heavy atom. The van der Waals surface area contributed by atoms with Gasteiger partial charge in [-0.05, 0) is 18.9 Å². The van der Waals surface area contributed by atoms with Gasteiger partial charge in [0.25, 0.3) is 0 Å². The Morgan fingerprint density at radius 1 is 1.19 bits per heavy atom. The van der Waals surface area contributed by atoms with E-state index in [9.17, 15) is 14.4 Å². The summed E-state index contributed by atoms with van der Waals surface area (Å²) in [5.74, 6) is -1.20. The summed E-state index contributed by atoms with van der Waals surface area (Å²) in [5, 5.41) is 3.97. The number of fused-ring (bicyclic) bond motifs is 2. The van der Waals surface area contributed by atoms with Gasteiger partial charge in [0.1, 0.15) is 11.4 Å². The van der Waals surface area contributed by atoms with Crippen molar-refractivity contribution in [2.75, 3.05) is 13.1 Å². The summed E-state index contributed by atoms with van der Waals surface area (Å²) < 4.78 is 1.38. The molecule has 3 atom stereocenters. The third-order valence-corrected chi connectivity index (χ3v) is 5.41. The summed E-state index contributed by atoms with van der Waals surface area (Å²) in [4.78, 5) is 40.2. The lowest BCUT2D eigenvalue weighted by Crippen LogP contribution is -2.53. The van der Waals surface area contributed by atoms with Crippen LogP contribution in [-0.2, 0) is 14.4 Å². The van der Waals surface area contributed by atoms with Gasteiger partial charge in [-0.3, -0.25) is 15.0 Å². The molecule has 8 heteroatoms. The predicted molar refractivity (Wildman–Crippen MR) is 92.2 cm³/mol. The number of nitrogens with one attached hydrogen (secondary N) is 3. The molecule has 4 rings (SSSR count). The lowest BCUT2D eigenvalue weighted by Gasteiger charge is -2.26. The van der Waals surface area contributed by atoms with Crippen molar-refractivity contribution < 1.29 is 14.4 Å². The number of carbonyl (C=O) groups excluding carboxylic acids is 3. The van der Waals surface area contributed by atoms with E-state index in [1.165, 1.54) is 11.0 Å². The molecule has 3 N–H and O–H groups in total. The van der Waals surface area contributed by atoms with E-state index in [2.05, 4.69) is 21.2 Å². The van der Waals surface area contributed by atoms with E-state index in [4.69, 9.17) is 0 Å². The summed E-state index contributed by atoms with van der Waals surface area (Å²) in [6, 6.07) is 7.11. The third-order valence-electron chi connectivity index (χ3n) is 5.41. The molecular weight excluding hydrogens is 334 g/mol. The highest BCUT2D eigenvalue weighted by molar-refractivity contribution is 6.36. The number of hydrogen-bond acceptors (Lipinski definition) is 5. The first-order valence-electron chi connectivity index (χ1n) is 9.10. The van der Waals surface area contributed by atoms with E-state index in [0.717, 1.165) is 19.3 Å². The summed E-state index contributed by atoms with van der Waals surface area (Å²) in [5.41, 5.74) is 6.33. The van der Waals surface area contributed by atoms with Crippen LogP contribution in [0.4, 0.5) is 0 Å². The largest absolute Gasteiger partial charge is 0.480 e. The number of rotatable bonds is 4. The Bertz CT molecular complexity index is 881. The molecule has 0 radical (unpaired) electrons. The van der Waals surface area contributed by atoms with Crippen LogP contribution in [0, 0.1) is 5.92 Å². The van der Waals surface area contributed by atoms with Gasteiger partial charge in [0.05, 0.1) is 6.54 Å². The minimum Gasteiger partial charge on any atom is -0.348 e. The van der Waals surface area contributed by atoms with Crippen LogP contribution in [0.2, 0.25) is 0 Å². The second-order valence-electron chi connectivity index (χ2n) is 6.97. The fourth-order valence-electron chi connectivity index (χ4n) is 4.09. The monoisotopic (exact) mass is 356 g/mol. The summed E-state index contributed by atoms with van der Waals surface area (Å²) in [7, 11) is 0. The molecule has 2 fully saturated rings. The molecule has 3 aliphatic rings. The Morgan fingerprint density at radius 3 is 2.88 bits per heavy atom. The average molecular weight is 356 g/mol. The van der Waals surface area contributed by atoms with Gasteiger partial charge in [-0.1, -0.05) is 25.0 Å². The van der Waals surface area contributed by atoms with Crippen LogP contribution in [0.15, 0.2) is 29.3 Å². The first-order valence-corrected chi connectivity index (χ1v) is 9.10. The first-order chi connectivity index (χ1) is 12.6. The molecule has 1 aromatic carbocycles. The van der Waals surface area contributed by atoms with Crippen LogP contribution in [0.1, 0.15) is 25.7 Å². The molecule has 8 nitrogen and oxygen atoms in total. The van der Waals surface area contributed by atoms with Crippen molar-refractivity contribution in [2.45, 2.75) is 37.8 Å². The molecule has 0 spiro atoms. The van der Waals surface area contributed by atoms with Gasteiger partial charge in [-0.2, -0.15) is 4.99 Å². The van der Waals surface area contributed by atoms with Gasteiger partial charge < -0.3 is 5.32 Å². The Balaban J connectivity index is 1.43. The first kappa shape index (κ1) is 17.0. The van der Waals surface area contributed by atoms with Crippen molar-refractivity contribution in [1.29, 1.82) is 0 Å². The zero-order chi connectivity index (χ0) is 18.1. The SMILES string of the molecule is O=C1N=c2ccccc2=[N+](CCNC(=O)C2NNC3CCCCC32)C1=O. The van der Waals surface area contributed by atoms with Crippen LogP contribution in [0.3, 0.4) is 0 Å². The molecule has 3 unspecified atom stereocenters. The number of amides is 3. The fraction of sp³-hybridized carbons (Fsp3) is 0.500. The molecule has 1 aromatic rings. The minimum atomic E-state index is -0.776. The number of para-hydroxylation sites is 2. The highest BCUT2D eigenvalue weighted by atomic mass is 16.2. The van der Waals surface area contributed by atoms with E-state index >= 15 is 0 Å². The highest BCUT2D eigenvalue weighted by Gasteiger charge is 2.41. The number of nitrogens with zero attached hydrogens (tertiary/aromatic N) is 2. The highest BCUT2D eigenvalue weighted by Crippen LogP contribution is 2.29. The number of carbonyl (C=O) groups is 3. The van der Waals surface area contributed by atoms with Gasteiger partial charge in [0, 0.05) is 18.0 Å². The van der Waals surface area contributed by atoms with Crippen molar-refractivity contribution in [3.63, 3.8) is 0 Å². The average Bonchev–Trinajstić information content (AvgIpc) is 3.09. The second-order valence-corrected chi connectivity index (χ2v) is 6.97. The zero-order valence-electron chi connectivity index (χ0n) is 14.4. The van der Waals surface area contributed by atoms with Gasteiger partial charge in [0.15, 0.2) is 6.54 Å². The van der Waals surface area contributed by atoms with E-state index in [0.29, 0.717) is 22.7 Å². The molecule has 2 heterocycles. The van der Waals surface area contributed by atoms with Crippen LogP contribution in [0.5, 0.6) is 0 Å². The van der Waals surface area contributed by atoms with Gasteiger partial charge in [-0.25, -0.2) is 10.2 Å². The molecule has 0 bridgehead atoms. The maximum absolute atomic E-state index is 12.5. The lowest BCUT2D eigenvalue weighted by atomic mass is 9.81. The van der Waals surface area contributed by atoms with Crippen molar-refractivity contribution >= 4 is 17.7 Å². The van der Waals surface area contributed by atoms with Crippen LogP contribution in [-0.4, -0.2) is 42.9 Å². The van der Waals surface area contributed by atoms with Gasteiger partial charge >= 0.3 is 11.8 Å². The van der Waals surface area contributed by atoms with Crippen LogP contribution in [0.25, 0.3) is 0 Å². The molecule has 136 valence electrons. The number of hydrazine groups is 1. The van der Waals surface area contributed by atoms with Crippen molar-refractivity contribution in [2.24, 2.45) is 10.9 Å². The van der Waals surface area contributed by atoms with Crippen molar-refractivity contribution in [1.82, 2.24) is 20.7 Å². The Hall–Kier alpha value is -2.45. The van der Waals surface area contributed by atoms with Crippen molar-refractivity contribution in [3.8, 4) is 0 Å². The topological polar surface area (TPSA) is 103 Å². The molecule has 1 aliphatic carbocycles. The molecule has 3 amide bonds. The fourth-order valence-corrected chi connectivity index (χ4v) is 4.09. The quantitative estimate of drug-likeness (QED) is 0.428. The Kier molecular flexibility index (Phi) is 4.60. The molecule has 1 saturated carbocycles. The van der Waals surface area contributed by atoms with E-state index in [-0.39, 0.29) is 25.0 Å². The van der Waals surface area contributed by atoms with Crippen LogP contribution < -0.4 is 31.5 Å². The normalized spacial score (nSPS) is 27.5. The van der Waals surface area contributed by atoms with Gasteiger partial charge in [-0.15, -0.1) is 4.58 Å². The maximum atomic E-state index is 12.5. The Labute approximate surface area is 150 Å². The molecule has 2 aliphatic heterocycles. The van der Waals surface area contributed by atoms with E-state index in [1.807, 2.05) is 0 Å².